The Morgan fingerprint density at radius 1 is 1.32 bits per heavy atom. The van der Waals surface area contributed by atoms with Crippen LogP contribution in [-0.4, -0.2) is 28.4 Å². The molecule has 1 atom stereocenters. The highest BCUT2D eigenvalue weighted by Crippen LogP contribution is 2.26. The first kappa shape index (κ1) is 19.7. The summed E-state index contributed by atoms with van der Waals surface area (Å²) >= 11 is 1.39. The number of carbonyl (C=O) groups is 2. The summed E-state index contributed by atoms with van der Waals surface area (Å²) in [5, 5.41) is 2.83. The number of aromatic amines is 1. The van der Waals surface area contributed by atoms with Crippen molar-refractivity contribution in [2.75, 3.05) is 6.54 Å². The van der Waals surface area contributed by atoms with E-state index in [0.29, 0.717) is 10.2 Å². The van der Waals surface area contributed by atoms with E-state index in [1.165, 1.54) is 29.5 Å². The van der Waals surface area contributed by atoms with Gasteiger partial charge in [0.15, 0.2) is 11.9 Å². The summed E-state index contributed by atoms with van der Waals surface area (Å²) in [4.78, 5) is 44.8. The molecule has 2 N–H and O–H groups in total. The lowest BCUT2D eigenvalue weighted by Gasteiger charge is -2.13. The number of carbonyl (C=O) groups excluding carboxylic acids is 2. The molecule has 0 fully saturated rings. The number of nitrogens with one attached hydrogen (secondary N) is 2. The van der Waals surface area contributed by atoms with Gasteiger partial charge in [0.2, 0.25) is 0 Å². The Balaban J connectivity index is 1.66. The molecule has 3 aromatic rings. The zero-order chi connectivity index (χ0) is 20.4. The van der Waals surface area contributed by atoms with Crippen LogP contribution in [0.2, 0.25) is 0 Å². The fraction of sp³-hybridized carbons (Fsp3) is 0.263. The zero-order valence-electron chi connectivity index (χ0n) is 15.5. The van der Waals surface area contributed by atoms with E-state index in [1.807, 2.05) is 13.8 Å². The molecule has 7 nitrogen and oxygen atoms in total. The fourth-order valence-corrected chi connectivity index (χ4v) is 3.69. The Morgan fingerprint density at radius 2 is 2.04 bits per heavy atom. The van der Waals surface area contributed by atoms with Crippen LogP contribution in [0.4, 0.5) is 4.39 Å². The molecular formula is C19H18FN3O4S. The number of nitrogens with zero attached hydrogens (tertiary/aromatic N) is 1. The molecule has 2 aromatic heterocycles. The molecule has 28 heavy (non-hydrogen) atoms. The van der Waals surface area contributed by atoms with Gasteiger partial charge in [-0.2, -0.15) is 0 Å². The van der Waals surface area contributed by atoms with Crippen molar-refractivity contribution in [3.8, 4) is 0 Å². The quantitative estimate of drug-likeness (QED) is 0.638. The van der Waals surface area contributed by atoms with Crippen molar-refractivity contribution in [2.45, 2.75) is 26.9 Å². The van der Waals surface area contributed by atoms with E-state index in [0.717, 1.165) is 16.5 Å². The third-order valence-electron chi connectivity index (χ3n) is 4.26. The number of fused-ring (bicyclic) bond motifs is 1. The monoisotopic (exact) mass is 403 g/mol. The lowest BCUT2D eigenvalue weighted by molar-refractivity contribution is -0.147. The number of hydrogen-bond acceptors (Lipinski definition) is 6. The molecular weight excluding hydrogens is 385 g/mol. The molecule has 0 unspecified atom stereocenters. The van der Waals surface area contributed by atoms with Gasteiger partial charge in [-0.3, -0.25) is 14.4 Å². The Hall–Kier alpha value is -3.07. The van der Waals surface area contributed by atoms with Crippen LogP contribution >= 0.6 is 11.3 Å². The number of H-pyrrole nitrogens is 1. The molecule has 3 rings (SSSR count). The Labute approximate surface area is 163 Å². The summed E-state index contributed by atoms with van der Waals surface area (Å²) in [6.07, 6.45) is -0.822. The van der Waals surface area contributed by atoms with Crippen LogP contribution in [0.1, 0.15) is 39.7 Å². The molecule has 1 amide bonds. The minimum Gasteiger partial charge on any atom is -0.453 e. The van der Waals surface area contributed by atoms with Gasteiger partial charge in [-0.1, -0.05) is 12.1 Å². The van der Waals surface area contributed by atoms with E-state index >= 15 is 0 Å². The van der Waals surface area contributed by atoms with E-state index in [4.69, 9.17) is 4.74 Å². The first-order valence-corrected chi connectivity index (χ1v) is 9.31. The minimum absolute atomic E-state index is 0.164. The van der Waals surface area contributed by atoms with Gasteiger partial charge >= 0.3 is 5.97 Å². The normalized spacial score (nSPS) is 12.0. The van der Waals surface area contributed by atoms with Gasteiger partial charge in [-0.15, -0.1) is 11.3 Å². The van der Waals surface area contributed by atoms with Crippen molar-refractivity contribution in [3.63, 3.8) is 0 Å². The first-order chi connectivity index (χ1) is 13.3. The largest absolute Gasteiger partial charge is 0.453 e. The average molecular weight is 403 g/mol. The summed E-state index contributed by atoms with van der Waals surface area (Å²) in [6, 6.07) is 5.45. The van der Waals surface area contributed by atoms with Crippen LogP contribution in [0.5, 0.6) is 0 Å². The summed E-state index contributed by atoms with van der Waals surface area (Å²) in [7, 11) is 0. The maximum Gasteiger partial charge on any atom is 0.326 e. The van der Waals surface area contributed by atoms with E-state index in [1.54, 1.807) is 6.92 Å². The standard InChI is InChI=1S/C19H18FN3O4S/c1-9-11(3)28-19-15(9)18(26)22-16(23-19)10(2)27-14(24)8-21-17(25)12-6-4-5-7-13(12)20/h4-7,10H,8H2,1-3H3,(H,21,25)(H,22,23,26)/t10-/m1/s1. The molecule has 2 heterocycles. The highest BCUT2D eigenvalue weighted by atomic mass is 32.1. The number of hydrogen-bond donors (Lipinski definition) is 2. The maximum atomic E-state index is 13.6. The molecule has 0 saturated carbocycles. The molecule has 9 heteroatoms. The number of aromatic nitrogens is 2. The van der Waals surface area contributed by atoms with E-state index in [2.05, 4.69) is 15.3 Å². The second-order valence-corrected chi connectivity index (χ2v) is 7.41. The van der Waals surface area contributed by atoms with Gasteiger partial charge < -0.3 is 15.0 Å². The van der Waals surface area contributed by atoms with Crippen LogP contribution in [0, 0.1) is 19.7 Å². The molecule has 146 valence electrons. The summed E-state index contributed by atoms with van der Waals surface area (Å²) in [5.74, 6) is -1.93. The van der Waals surface area contributed by atoms with Crippen molar-refractivity contribution in [1.29, 1.82) is 0 Å². The van der Waals surface area contributed by atoms with Gasteiger partial charge in [0.1, 0.15) is 17.2 Å². The number of amides is 1. The summed E-state index contributed by atoms with van der Waals surface area (Å²) in [6.45, 7) is 4.88. The van der Waals surface area contributed by atoms with Gasteiger partial charge in [-0.05, 0) is 38.5 Å². The lowest BCUT2D eigenvalue weighted by atomic mass is 10.2. The Morgan fingerprint density at radius 3 is 2.75 bits per heavy atom. The second-order valence-electron chi connectivity index (χ2n) is 6.21. The van der Waals surface area contributed by atoms with Crippen LogP contribution in [-0.2, 0) is 9.53 Å². The SMILES string of the molecule is Cc1sc2nc([C@@H](C)OC(=O)CNC(=O)c3ccccc3F)[nH]c(=O)c2c1C. The fourth-order valence-electron chi connectivity index (χ4n) is 2.65. The number of thiophene rings is 1. The Bertz CT molecular complexity index is 1120. The Kier molecular flexibility index (Phi) is 5.55. The maximum absolute atomic E-state index is 13.6. The third-order valence-corrected chi connectivity index (χ3v) is 5.36. The molecule has 0 aliphatic rings. The summed E-state index contributed by atoms with van der Waals surface area (Å²) < 4.78 is 18.8. The number of esters is 1. The number of halogens is 1. The minimum atomic E-state index is -0.822. The van der Waals surface area contributed by atoms with E-state index in [-0.39, 0.29) is 16.9 Å². The molecule has 1 aromatic carbocycles. The topological polar surface area (TPSA) is 101 Å². The van der Waals surface area contributed by atoms with Gasteiger partial charge in [0, 0.05) is 4.88 Å². The van der Waals surface area contributed by atoms with Crippen LogP contribution in [0.15, 0.2) is 29.1 Å². The molecule has 0 aliphatic heterocycles. The van der Waals surface area contributed by atoms with E-state index in [9.17, 15) is 18.8 Å². The van der Waals surface area contributed by atoms with Gasteiger partial charge in [0.05, 0.1) is 10.9 Å². The van der Waals surface area contributed by atoms with E-state index < -0.39 is 30.3 Å². The smallest absolute Gasteiger partial charge is 0.326 e. The molecule has 0 bridgehead atoms. The number of aryl methyl sites for hydroxylation is 2. The van der Waals surface area contributed by atoms with Crippen molar-refractivity contribution < 1.29 is 18.7 Å². The number of ether oxygens (including phenoxy) is 1. The van der Waals surface area contributed by atoms with Crippen LogP contribution in [0.3, 0.4) is 0 Å². The van der Waals surface area contributed by atoms with Crippen LogP contribution < -0.4 is 10.9 Å². The second kappa shape index (κ2) is 7.89. The first-order valence-electron chi connectivity index (χ1n) is 8.50. The average Bonchev–Trinajstić information content (AvgIpc) is 2.94. The molecule has 0 spiro atoms. The van der Waals surface area contributed by atoms with Crippen molar-refractivity contribution >= 4 is 33.4 Å². The molecule has 0 saturated heterocycles. The summed E-state index contributed by atoms with van der Waals surface area (Å²) in [5.41, 5.74) is 0.418. The van der Waals surface area contributed by atoms with Crippen molar-refractivity contribution in [1.82, 2.24) is 15.3 Å². The molecule has 0 radical (unpaired) electrons. The highest BCUT2D eigenvalue weighted by Gasteiger charge is 2.19. The lowest BCUT2D eigenvalue weighted by Crippen LogP contribution is -2.32. The molecule has 0 aliphatic carbocycles. The predicted molar refractivity (Wildman–Crippen MR) is 103 cm³/mol. The predicted octanol–water partition coefficient (Wildman–Crippen LogP) is 2.77. The van der Waals surface area contributed by atoms with Crippen molar-refractivity contribution in [2.24, 2.45) is 0 Å². The van der Waals surface area contributed by atoms with Gasteiger partial charge in [-0.25, -0.2) is 9.37 Å². The number of rotatable bonds is 5. The van der Waals surface area contributed by atoms with Crippen LogP contribution in [0.25, 0.3) is 10.2 Å². The zero-order valence-corrected chi connectivity index (χ0v) is 16.3. The van der Waals surface area contributed by atoms with Crippen molar-refractivity contribution in [3.05, 3.63) is 62.3 Å². The third kappa shape index (κ3) is 3.94. The highest BCUT2D eigenvalue weighted by molar-refractivity contribution is 7.18. The number of benzene rings is 1. The van der Waals surface area contributed by atoms with Gasteiger partial charge in [0.25, 0.3) is 11.5 Å².